The number of para-hydroxylation sites is 1. The highest BCUT2D eigenvalue weighted by Crippen LogP contribution is 2.25. The Balaban J connectivity index is 1.21. The van der Waals surface area contributed by atoms with E-state index in [-0.39, 0.29) is 31.0 Å². The normalized spacial score (nSPS) is 10.6. The molecule has 168 valence electrons. The number of rotatable bonds is 8. The lowest BCUT2D eigenvalue weighted by molar-refractivity contribution is -0.121. The molecule has 7 nitrogen and oxygen atoms in total. The number of hydrogen-bond acceptors (Lipinski definition) is 5. The molecule has 0 fully saturated rings. The molecule has 0 aliphatic rings. The molecule has 2 amide bonds. The van der Waals surface area contributed by atoms with E-state index in [0.29, 0.717) is 28.6 Å². The molecule has 4 aromatic rings. The quantitative estimate of drug-likeness (QED) is 0.383. The van der Waals surface area contributed by atoms with Gasteiger partial charge in [-0.05, 0) is 48.5 Å². The van der Waals surface area contributed by atoms with E-state index in [1.807, 2.05) is 30.3 Å². The van der Waals surface area contributed by atoms with E-state index in [9.17, 15) is 14.0 Å². The first-order chi connectivity index (χ1) is 16.1. The van der Waals surface area contributed by atoms with Crippen LogP contribution in [0.4, 0.5) is 4.39 Å². The maximum Gasteiger partial charge on any atom is 0.305 e. The molecule has 4 rings (SSSR count). The predicted molar refractivity (Wildman–Crippen MR) is 118 cm³/mol. The van der Waals surface area contributed by atoms with Crippen LogP contribution in [0, 0.1) is 5.82 Å². The zero-order valence-corrected chi connectivity index (χ0v) is 17.5. The molecule has 2 heterocycles. The van der Waals surface area contributed by atoms with E-state index in [1.165, 1.54) is 12.1 Å². The van der Waals surface area contributed by atoms with E-state index in [1.54, 1.807) is 36.4 Å². The average Bonchev–Trinajstić information content (AvgIpc) is 3.51. The van der Waals surface area contributed by atoms with E-state index in [0.717, 1.165) is 0 Å². The lowest BCUT2D eigenvalue weighted by Crippen LogP contribution is -2.41. The highest BCUT2D eigenvalue weighted by atomic mass is 19.1. The number of furan rings is 2. The van der Waals surface area contributed by atoms with Crippen molar-refractivity contribution in [2.24, 2.45) is 0 Å². The van der Waals surface area contributed by atoms with Gasteiger partial charge in [0.2, 0.25) is 5.91 Å². The van der Waals surface area contributed by atoms with Crippen molar-refractivity contribution in [2.75, 3.05) is 0 Å². The third-order valence-electron chi connectivity index (χ3n) is 4.72. The maximum atomic E-state index is 13.9. The van der Waals surface area contributed by atoms with Gasteiger partial charge in [0.05, 0.1) is 5.56 Å². The standard InChI is InChI=1S/C25H21FN2O5/c26-21-9-5-4-8-20(21)22-13-10-18(32-22)12-15-24(29)27-28-25(30)23-14-11-19(33-23)16-31-17-6-2-1-3-7-17/h1-11,13-14H,12,15-16H2,(H,27,29)(H,28,30). The van der Waals surface area contributed by atoms with Crippen LogP contribution >= 0.6 is 0 Å². The van der Waals surface area contributed by atoms with Gasteiger partial charge in [0, 0.05) is 12.8 Å². The Hall–Kier alpha value is -4.33. The largest absolute Gasteiger partial charge is 0.486 e. The molecule has 2 aromatic heterocycles. The molecule has 0 radical (unpaired) electrons. The smallest absolute Gasteiger partial charge is 0.305 e. The number of aryl methyl sites for hydroxylation is 1. The fourth-order valence-electron chi connectivity index (χ4n) is 3.05. The zero-order chi connectivity index (χ0) is 23.0. The lowest BCUT2D eigenvalue weighted by Gasteiger charge is -2.06. The van der Waals surface area contributed by atoms with Crippen molar-refractivity contribution in [3.63, 3.8) is 0 Å². The second-order valence-electron chi connectivity index (χ2n) is 7.12. The Morgan fingerprint density at radius 1 is 0.818 bits per heavy atom. The average molecular weight is 448 g/mol. The number of hydrazine groups is 1. The van der Waals surface area contributed by atoms with E-state index in [2.05, 4.69) is 10.9 Å². The summed E-state index contributed by atoms with van der Waals surface area (Å²) >= 11 is 0. The summed E-state index contributed by atoms with van der Waals surface area (Å²) in [5.41, 5.74) is 5.00. The SMILES string of the molecule is O=C(CCc1ccc(-c2ccccc2F)o1)NNC(=O)c1ccc(COc2ccccc2)o1. The fourth-order valence-corrected chi connectivity index (χ4v) is 3.05. The highest BCUT2D eigenvalue weighted by molar-refractivity contribution is 5.92. The number of hydrogen-bond donors (Lipinski definition) is 2. The number of carbonyl (C=O) groups is 2. The third-order valence-corrected chi connectivity index (χ3v) is 4.72. The number of carbonyl (C=O) groups excluding carboxylic acids is 2. The summed E-state index contributed by atoms with van der Waals surface area (Å²) in [5, 5.41) is 0. The van der Waals surface area contributed by atoms with Crippen molar-refractivity contribution >= 4 is 11.8 Å². The molecule has 0 aliphatic carbocycles. The van der Waals surface area contributed by atoms with E-state index < -0.39 is 11.8 Å². The Kier molecular flexibility index (Phi) is 6.84. The summed E-state index contributed by atoms with van der Waals surface area (Å²) in [6.45, 7) is 0.168. The molecule has 0 saturated heterocycles. The Labute approximate surface area is 189 Å². The highest BCUT2D eigenvalue weighted by Gasteiger charge is 2.14. The van der Waals surface area contributed by atoms with Gasteiger partial charge in [0.1, 0.15) is 35.5 Å². The minimum absolute atomic E-state index is 0.0440. The third kappa shape index (κ3) is 5.88. The predicted octanol–water partition coefficient (Wildman–Crippen LogP) is 4.65. The Morgan fingerprint density at radius 3 is 2.39 bits per heavy atom. The molecule has 8 heteroatoms. The zero-order valence-electron chi connectivity index (χ0n) is 17.5. The number of nitrogens with one attached hydrogen (secondary N) is 2. The first-order valence-electron chi connectivity index (χ1n) is 10.3. The monoisotopic (exact) mass is 448 g/mol. The van der Waals surface area contributed by atoms with Gasteiger partial charge in [0.15, 0.2) is 5.76 Å². The van der Waals surface area contributed by atoms with Gasteiger partial charge in [-0.2, -0.15) is 0 Å². The van der Waals surface area contributed by atoms with Gasteiger partial charge in [-0.3, -0.25) is 20.4 Å². The van der Waals surface area contributed by atoms with Gasteiger partial charge in [-0.15, -0.1) is 0 Å². The first kappa shape index (κ1) is 21.9. The van der Waals surface area contributed by atoms with Gasteiger partial charge < -0.3 is 13.6 Å². The lowest BCUT2D eigenvalue weighted by atomic mass is 10.1. The van der Waals surface area contributed by atoms with Crippen LogP contribution in [0.15, 0.2) is 87.7 Å². The van der Waals surface area contributed by atoms with Crippen LogP contribution in [0.25, 0.3) is 11.3 Å². The second kappa shape index (κ2) is 10.3. The molecular weight excluding hydrogens is 427 g/mol. The van der Waals surface area contributed by atoms with Gasteiger partial charge in [-0.1, -0.05) is 30.3 Å². The molecule has 0 unspecified atom stereocenters. The van der Waals surface area contributed by atoms with Crippen molar-refractivity contribution in [1.82, 2.24) is 10.9 Å². The van der Waals surface area contributed by atoms with Crippen LogP contribution in [0.3, 0.4) is 0 Å². The molecule has 0 saturated carbocycles. The van der Waals surface area contributed by atoms with Crippen molar-refractivity contribution in [2.45, 2.75) is 19.4 Å². The molecule has 0 aliphatic heterocycles. The first-order valence-corrected chi connectivity index (χ1v) is 10.3. The van der Waals surface area contributed by atoms with Crippen molar-refractivity contribution in [1.29, 1.82) is 0 Å². The van der Waals surface area contributed by atoms with Crippen molar-refractivity contribution in [3.8, 4) is 17.1 Å². The van der Waals surface area contributed by atoms with Crippen molar-refractivity contribution in [3.05, 3.63) is 102 Å². The van der Waals surface area contributed by atoms with Crippen LogP contribution < -0.4 is 15.6 Å². The van der Waals surface area contributed by atoms with Crippen LogP contribution in [-0.4, -0.2) is 11.8 Å². The van der Waals surface area contributed by atoms with Gasteiger partial charge in [0.25, 0.3) is 0 Å². The molecular formula is C25H21FN2O5. The Morgan fingerprint density at radius 2 is 1.58 bits per heavy atom. The van der Waals surface area contributed by atoms with Crippen LogP contribution in [0.2, 0.25) is 0 Å². The van der Waals surface area contributed by atoms with E-state index in [4.69, 9.17) is 13.6 Å². The number of benzene rings is 2. The number of halogens is 1. The van der Waals surface area contributed by atoms with Crippen LogP contribution in [-0.2, 0) is 17.8 Å². The molecule has 0 bridgehead atoms. The molecule has 0 atom stereocenters. The molecule has 2 aromatic carbocycles. The van der Waals surface area contributed by atoms with Crippen LogP contribution in [0.5, 0.6) is 5.75 Å². The minimum atomic E-state index is -0.589. The van der Waals surface area contributed by atoms with Gasteiger partial charge >= 0.3 is 5.91 Å². The second-order valence-corrected chi connectivity index (χ2v) is 7.12. The summed E-state index contributed by atoms with van der Waals surface area (Å²) in [6, 6.07) is 22.0. The summed E-state index contributed by atoms with van der Waals surface area (Å²) < 4.78 is 30.5. The minimum Gasteiger partial charge on any atom is -0.486 e. The summed E-state index contributed by atoms with van der Waals surface area (Å²) in [6.07, 6.45) is 0.358. The molecule has 2 N–H and O–H groups in total. The van der Waals surface area contributed by atoms with Gasteiger partial charge in [-0.25, -0.2) is 4.39 Å². The number of amides is 2. The van der Waals surface area contributed by atoms with E-state index >= 15 is 0 Å². The summed E-state index contributed by atoms with van der Waals surface area (Å²) in [7, 11) is 0. The molecule has 0 spiro atoms. The summed E-state index contributed by atoms with van der Waals surface area (Å²) in [4.78, 5) is 24.3. The summed E-state index contributed by atoms with van der Waals surface area (Å²) in [5.74, 6) is 0.740. The Bertz CT molecular complexity index is 1230. The number of ether oxygens (including phenoxy) is 1. The fraction of sp³-hybridized carbons (Fsp3) is 0.120. The maximum absolute atomic E-state index is 13.9. The molecule has 33 heavy (non-hydrogen) atoms. The topological polar surface area (TPSA) is 93.7 Å². The van der Waals surface area contributed by atoms with Crippen molar-refractivity contribution < 1.29 is 27.6 Å². The van der Waals surface area contributed by atoms with Crippen LogP contribution in [0.1, 0.15) is 28.5 Å².